The Balaban J connectivity index is 1.63. The second-order valence-corrected chi connectivity index (χ2v) is 7.59. The minimum Gasteiger partial charge on any atom is -0.405 e. The van der Waals surface area contributed by atoms with E-state index in [1.807, 2.05) is 26.0 Å². The van der Waals surface area contributed by atoms with Gasteiger partial charge in [0, 0.05) is 23.6 Å². The lowest BCUT2D eigenvalue weighted by atomic mass is 10.1. The van der Waals surface area contributed by atoms with Gasteiger partial charge in [-0.25, -0.2) is 9.78 Å². The number of benzene rings is 2. The van der Waals surface area contributed by atoms with Gasteiger partial charge in [-0.3, -0.25) is 4.79 Å². The van der Waals surface area contributed by atoms with E-state index in [0.717, 1.165) is 28.2 Å². The smallest absolute Gasteiger partial charge is 0.405 e. The van der Waals surface area contributed by atoms with Crippen molar-refractivity contribution in [1.82, 2.24) is 14.7 Å². The number of hydrogen-bond donors (Lipinski definition) is 3. The second-order valence-electron chi connectivity index (χ2n) is 7.18. The summed E-state index contributed by atoms with van der Waals surface area (Å²) < 4.78 is 5.79. The number of carbonyl (C=O) groups excluding carboxylic acids is 1. The molecule has 0 unspecified atom stereocenters. The molecule has 0 bridgehead atoms. The summed E-state index contributed by atoms with van der Waals surface area (Å²) in [6.45, 7) is 7.09. The molecule has 4 aromatic rings. The van der Waals surface area contributed by atoms with Crippen molar-refractivity contribution in [1.29, 1.82) is 0 Å². The molecule has 4 rings (SSSR count). The second kappa shape index (κ2) is 9.21. The number of rotatable bonds is 8. The first-order valence-corrected chi connectivity index (χ1v) is 10.5. The van der Waals surface area contributed by atoms with Gasteiger partial charge in [0.1, 0.15) is 10.5 Å². The largest absolute Gasteiger partial charge is 0.453 e. The maximum Gasteiger partial charge on any atom is 0.453 e. The van der Waals surface area contributed by atoms with Gasteiger partial charge in [-0.05, 0) is 62.2 Å². The van der Waals surface area contributed by atoms with Crippen LogP contribution in [0.1, 0.15) is 18.1 Å². The molecular formula is C22H21ClN6O4. The summed E-state index contributed by atoms with van der Waals surface area (Å²) in [7, 11) is 0. The Bertz CT molecular complexity index is 1400. The van der Waals surface area contributed by atoms with E-state index in [1.54, 1.807) is 18.2 Å². The minimum absolute atomic E-state index is 0.143. The van der Waals surface area contributed by atoms with Crippen molar-refractivity contribution < 1.29 is 14.0 Å². The number of anilines is 5. The highest BCUT2D eigenvalue weighted by molar-refractivity contribution is 6.32. The van der Waals surface area contributed by atoms with Gasteiger partial charge in [-0.15, -0.1) is 0 Å². The molecule has 170 valence electrons. The Kier molecular flexibility index (Phi) is 6.18. The van der Waals surface area contributed by atoms with Crippen LogP contribution >= 0.6 is 11.6 Å². The molecule has 0 spiro atoms. The van der Waals surface area contributed by atoms with Crippen molar-refractivity contribution in [3.05, 3.63) is 63.2 Å². The molecule has 11 heteroatoms. The van der Waals surface area contributed by atoms with Crippen LogP contribution in [-0.2, 0) is 4.79 Å². The highest BCUT2D eigenvalue weighted by Gasteiger charge is 2.13. The zero-order chi connectivity index (χ0) is 23.5. The highest BCUT2D eigenvalue weighted by atomic mass is 35.5. The number of nitrogens with one attached hydrogen (secondary N) is 3. The first-order chi connectivity index (χ1) is 15.9. The number of aromatic nitrogens is 3. The molecule has 0 aliphatic rings. The molecular weight excluding hydrogens is 448 g/mol. The van der Waals surface area contributed by atoms with Crippen molar-refractivity contribution in [3.8, 4) is 0 Å². The van der Waals surface area contributed by atoms with Crippen LogP contribution in [0.4, 0.5) is 28.8 Å². The normalized spacial score (nSPS) is 10.8. The average Bonchev–Trinajstić information content (AvgIpc) is 3.09. The van der Waals surface area contributed by atoms with E-state index in [-0.39, 0.29) is 17.6 Å². The van der Waals surface area contributed by atoms with Gasteiger partial charge in [0.2, 0.25) is 5.95 Å². The fraction of sp³-hybridized carbons (Fsp3) is 0.182. The summed E-state index contributed by atoms with van der Waals surface area (Å²) in [6.07, 6.45) is 1.48. The summed E-state index contributed by atoms with van der Waals surface area (Å²) in [5.41, 5.74) is 5.23. The van der Waals surface area contributed by atoms with Gasteiger partial charge >= 0.3 is 12.2 Å². The Labute approximate surface area is 193 Å². The Morgan fingerprint density at radius 3 is 2.76 bits per heavy atom. The number of nitrogens with zero attached hydrogens (tertiary/aromatic N) is 3. The number of halogens is 1. The third-order valence-electron chi connectivity index (χ3n) is 4.99. The van der Waals surface area contributed by atoms with Crippen LogP contribution in [0.2, 0.25) is 5.02 Å². The van der Waals surface area contributed by atoms with Crippen LogP contribution in [-0.4, -0.2) is 27.7 Å². The Morgan fingerprint density at radius 2 is 2.00 bits per heavy atom. The van der Waals surface area contributed by atoms with Crippen LogP contribution in [0.3, 0.4) is 0 Å². The first kappa shape index (κ1) is 22.2. The third-order valence-corrected chi connectivity index (χ3v) is 5.26. The van der Waals surface area contributed by atoms with Crippen molar-refractivity contribution in [2.45, 2.75) is 20.8 Å². The van der Waals surface area contributed by atoms with Crippen molar-refractivity contribution in [2.75, 3.05) is 22.5 Å². The molecule has 10 nitrogen and oxygen atoms in total. The summed E-state index contributed by atoms with van der Waals surface area (Å²) in [5.74, 6) is -0.123. The molecule has 0 saturated carbocycles. The van der Waals surface area contributed by atoms with Gasteiger partial charge in [0.25, 0.3) is 0 Å². The predicted octanol–water partition coefficient (Wildman–Crippen LogP) is 4.16. The molecule has 2 heterocycles. The van der Waals surface area contributed by atoms with E-state index in [4.69, 9.17) is 16.0 Å². The lowest BCUT2D eigenvalue weighted by molar-refractivity contribution is -0.129. The first-order valence-electron chi connectivity index (χ1n) is 10.1. The standard InChI is InChI=1S/C22H21ClN6O4/c1-4-24-17-8-15(7-12(2)13(17)3)27-21-25-10-16(23)20(28-21)26-14-5-6-19-18(9-14)29(32-11-30)22(31)33-19/h5-11,24H,4H2,1-3H3,(H2,25,26,27,28). The molecule has 0 atom stereocenters. The number of carbonyl (C=O) groups is 1. The lowest BCUT2D eigenvalue weighted by Gasteiger charge is -2.14. The fourth-order valence-corrected chi connectivity index (χ4v) is 3.44. The van der Waals surface area contributed by atoms with Gasteiger partial charge in [-0.1, -0.05) is 16.3 Å². The molecule has 0 fully saturated rings. The van der Waals surface area contributed by atoms with E-state index in [1.165, 1.54) is 11.8 Å². The molecule has 0 aliphatic carbocycles. The van der Waals surface area contributed by atoms with Gasteiger partial charge < -0.3 is 25.2 Å². The molecule has 0 amide bonds. The molecule has 33 heavy (non-hydrogen) atoms. The monoisotopic (exact) mass is 468 g/mol. The zero-order valence-electron chi connectivity index (χ0n) is 18.1. The molecule has 3 N–H and O–H groups in total. The van der Waals surface area contributed by atoms with Gasteiger partial charge in [0.15, 0.2) is 11.4 Å². The van der Waals surface area contributed by atoms with Gasteiger partial charge in [-0.2, -0.15) is 4.98 Å². The highest BCUT2D eigenvalue weighted by Crippen LogP contribution is 2.29. The lowest BCUT2D eigenvalue weighted by Crippen LogP contribution is -2.21. The van der Waals surface area contributed by atoms with Crippen LogP contribution in [0, 0.1) is 13.8 Å². The van der Waals surface area contributed by atoms with Crippen molar-refractivity contribution in [3.63, 3.8) is 0 Å². The van der Waals surface area contributed by atoms with E-state index in [9.17, 15) is 9.59 Å². The van der Waals surface area contributed by atoms with Crippen molar-refractivity contribution in [2.24, 2.45) is 0 Å². The molecule has 0 aliphatic heterocycles. The van der Waals surface area contributed by atoms with E-state index in [2.05, 4.69) is 37.7 Å². The van der Waals surface area contributed by atoms with Gasteiger partial charge in [0.05, 0.1) is 6.20 Å². The Hall–Kier alpha value is -4.05. The maximum atomic E-state index is 11.8. The summed E-state index contributed by atoms with van der Waals surface area (Å²) in [4.78, 5) is 35.9. The van der Waals surface area contributed by atoms with Crippen LogP contribution in [0.15, 0.2) is 45.7 Å². The molecule has 2 aromatic carbocycles. The number of fused-ring (bicyclic) bond motifs is 1. The SMILES string of the molecule is CCNc1cc(Nc2ncc(Cl)c(Nc3ccc4oc(=O)n(OC=O)c4c3)n2)cc(C)c1C. The zero-order valence-corrected chi connectivity index (χ0v) is 18.9. The predicted molar refractivity (Wildman–Crippen MR) is 127 cm³/mol. The number of hydrogen-bond acceptors (Lipinski definition) is 9. The summed E-state index contributed by atoms with van der Waals surface area (Å²) in [5, 5.41) is 9.93. The van der Waals surface area contributed by atoms with Crippen LogP contribution in [0.5, 0.6) is 0 Å². The molecule has 0 radical (unpaired) electrons. The summed E-state index contributed by atoms with van der Waals surface area (Å²) >= 11 is 6.29. The summed E-state index contributed by atoms with van der Waals surface area (Å²) in [6, 6.07) is 8.82. The average molecular weight is 469 g/mol. The third kappa shape index (κ3) is 4.60. The quantitative estimate of drug-likeness (QED) is 0.327. The topological polar surface area (TPSA) is 123 Å². The molecule has 2 aromatic heterocycles. The maximum absolute atomic E-state index is 11.8. The van der Waals surface area contributed by atoms with E-state index >= 15 is 0 Å². The fourth-order valence-electron chi connectivity index (χ4n) is 3.30. The number of aryl methyl sites for hydroxylation is 1. The molecule has 0 saturated heterocycles. The Morgan fingerprint density at radius 1 is 1.18 bits per heavy atom. The van der Waals surface area contributed by atoms with Crippen LogP contribution in [0.25, 0.3) is 11.1 Å². The number of oxazole rings is 1. The van der Waals surface area contributed by atoms with Crippen LogP contribution < -0.4 is 26.5 Å². The van der Waals surface area contributed by atoms with E-state index < -0.39 is 5.76 Å². The minimum atomic E-state index is -0.814. The van der Waals surface area contributed by atoms with E-state index in [0.29, 0.717) is 22.5 Å². The van der Waals surface area contributed by atoms with Crippen molar-refractivity contribution >= 4 is 58.0 Å².